The van der Waals surface area contributed by atoms with Crippen LogP contribution in [0.4, 0.5) is 11.5 Å². The highest BCUT2D eigenvalue weighted by Crippen LogP contribution is 2.34. The lowest BCUT2D eigenvalue weighted by Gasteiger charge is -2.11. The van der Waals surface area contributed by atoms with Crippen LogP contribution in [0.2, 0.25) is 10.0 Å². The number of nitrogens with one attached hydrogen (secondary N) is 2. The van der Waals surface area contributed by atoms with E-state index in [0.717, 1.165) is 10.2 Å². The Bertz CT molecular complexity index is 684. The number of halogens is 3. The van der Waals surface area contributed by atoms with E-state index in [4.69, 9.17) is 23.2 Å². The van der Waals surface area contributed by atoms with Gasteiger partial charge in [-0.25, -0.2) is 4.98 Å². The van der Waals surface area contributed by atoms with Gasteiger partial charge in [-0.2, -0.15) is 0 Å². The van der Waals surface area contributed by atoms with E-state index in [-0.39, 0.29) is 5.91 Å². The Kier molecular flexibility index (Phi) is 5.08. The third kappa shape index (κ3) is 3.87. The molecular weight excluding hydrogens is 377 g/mol. The Hall–Kier alpha value is -1.30. The van der Waals surface area contributed by atoms with Crippen molar-refractivity contribution in [3.63, 3.8) is 0 Å². The summed E-state index contributed by atoms with van der Waals surface area (Å²) in [5.74, 6) is 0.316. The predicted octanol–water partition coefficient (Wildman–Crippen LogP) is 4.75. The maximum atomic E-state index is 12.3. The van der Waals surface area contributed by atoms with Gasteiger partial charge in [0.05, 0.1) is 15.7 Å². The van der Waals surface area contributed by atoms with Crippen molar-refractivity contribution in [3.05, 3.63) is 50.0 Å². The van der Waals surface area contributed by atoms with Gasteiger partial charge in [0.15, 0.2) is 0 Å². The molecule has 2 N–H and O–H groups in total. The summed E-state index contributed by atoms with van der Waals surface area (Å²) in [5.41, 5.74) is 1.59. The number of hydrogen-bond acceptors (Lipinski definition) is 3. The van der Waals surface area contributed by atoms with Crippen molar-refractivity contribution in [2.75, 3.05) is 17.7 Å². The minimum absolute atomic E-state index is 0.303. The maximum absolute atomic E-state index is 12.3. The van der Waals surface area contributed by atoms with Gasteiger partial charge >= 0.3 is 0 Å². The SMILES string of the molecule is CNc1cc(C(=O)Nc2c(Cl)cc(Br)cc2Cl)cc(C)n1. The summed E-state index contributed by atoms with van der Waals surface area (Å²) in [6.07, 6.45) is 0. The van der Waals surface area contributed by atoms with Crippen molar-refractivity contribution < 1.29 is 4.79 Å². The lowest BCUT2D eigenvalue weighted by atomic mass is 10.2. The molecule has 0 spiro atoms. The molecule has 110 valence electrons. The zero-order valence-corrected chi connectivity index (χ0v) is 14.4. The smallest absolute Gasteiger partial charge is 0.255 e. The number of hydrogen-bond donors (Lipinski definition) is 2. The summed E-state index contributed by atoms with van der Waals surface area (Å²) in [4.78, 5) is 16.6. The number of rotatable bonds is 3. The fourth-order valence-electron chi connectivity index (χ4n) is 1.78. The Morgan fingerprint density at radius 3 is 2.38 bits per heavy atom. The number of aryl methyl sites for hydroxylation is 1. The lowest BCUT2D eigenvalue weighted by Crippen LogP contribution is -2.13. The first-order valence-corrected chi connectivity index (χ1v) is 7.58. The first-order valence-electron chi connectivity index (χ1n) is 6.03. The van der Waals surface area contributed by atoms with Crippen LogP contribution in [0.25, 0.3) is 0 Å². The van der Waals surface area contributed by atoms with Crippen LogP contribution in [-0.4, -0.2) is 17.9 Å². The van der Waals surface area contributed by atoms with E-state index >= 15 is 0 Å². The number of pyridine rings is 1. The summed E-state index contributed by atoms with van der Waals surface area (Å²) < 4.78 is 0.743. The van der Waals surface area contributed by atoms with Crippen LogP contribution in [0, 0.1) is 6.92 Å². The van der Waals surface area contributed by atoms with E-state index in [2.05, 4.69) is 31.5 Å². The van der Waals surface area contributed by atoms with Gasteiger partial charge in [-0.3, -0.25) is 4.79 Å². The Morgan fingerprint density at radius 2 is 1.81 bits per heavy atom. The minimum atomic E-state index is -0.303. The summed E-state index contributed by atoms with van der Waals surface area (Å²) in [6, 6.07) is 6.68. The standard InChI is InChI=1S/C14H12BrCl2N3O/c1-7-3-8(4-12(18-2)19-7)14(21)20-13-10(16)5-9(15)6-11(13)17/h3-6H,1-2H3,(H,18,19)(H,20,21). The summed E-state index contributed by atoms with van der Waals surface area (Å²) in [6.45, 7) is 1.82. The number of amides is 1. The Morgan fingerprint density at radius 1 is 1.19 bits per heavy atom. The number of nitrogens with zero attached hydrogens (tertiary/aromatic N) is 1. The molecular formula is C14H12BrCl2N3O. The number of aromatic nitrogens is 1. The molecule has 0 aliphatic carbocycles. The van der Waals surface area contributed by atoms with Crippen LogP contribution in [0.3, 0.4) is 0 Å². The van der Waals surface area contributed by atoms with E-state index < -0.39 is 0 Å². The quantitative estimate of drug-likeness (QED) is 0.797. The molecule has 0 bridgehead atoms. The number of anilines is 2. The van der Waals surface area contributed by atoms with Gasteiger partial charge < -0.3 is 10.6 Å². The second-order valence-electron chi connectivity index (χ2n) is 4.33. The zero-order valence-electron chi connectivity index (χ0n) is 11.3. The molecule has 1 heterocycles. The Labute approximate surface area is 141 Å². The molecule has 0 atom stereocenters. The largest absolute Gasteiger partial charge is 0.373 e. The Balaban J connectivity index is 2.32. The highest BCUT2D eigenvalue weighted by molar-refractivity contribution is 9.10. The average molecular weight is 389 g/mol. The van der Waals surface area contributed by atoms with Crippen molar-refractivity contribution in [3.8, 4) is 0 Å². The number of carbonyl (C=O) groups excluding carboxylic acids is 1. The molecule has 0 fully saturated rings. The monoisotopic (exact) mass is 387 g/mol. The highest BCUT2D eigenvalue weighted by atomic mass is 79.9. The van der Waals surface area contributed by atoms with Crippen LogP contribution in [0.5, 0.6) is 0 Å². The van der Waals surface area contributed by atoms with Gasteiger partial charge in [0.2, 0.25) is 0 Å². The third-order valence-corrected chi connectivity index (χ3v) is 3.77. The molecule has 4 nitrogen and oxygen atoms in total. The molecule has 0 unspecified atom stereocenters. The molecule has 2 rings (SSSR count). The fourth-order valence-corrected chi connectivity index (χ4v) is 3.08. The van der Waals surface area contributed by atoms with Crippen molar-refractivity contribution >= 4 is 56.5 Å². The van der Waals surface area contributed by atoms with Crippen LogP contribution >= 0.6 is 39.1 Å². The second kappa shape index (κ2) is 6.64. The van der Waals surface area contributed by atoms with E-state index in [9.17, 15) is 4.79 Å². The van der Waals surface area contributed by atoms with Crippen LogP contribution in [-0.2, 0) is 0 Å². The molecule has 1 aromatic heterocycles. The molecule has 21 heavy (non-hydrogen) atoms. The summed E-state index contributed by atoms with van der Waals surface area (Å²) >= 11 is 15.5. The van der Waals surface area contributed by atoms with Crippen molar-refractivity contribution in [2.45, 2.75) is 6.92 Å². The van der Waals surface area contributed by atoms with Gasteiger partial charge in [0, 0.05) is 22.8 Å². The van der Waals surface area contributed by atoms with Gasteiger partial charge in [-0.05, 0) is 31.2 Å². The molecule has 0 saturated heterocycles. The van der Waals surface area contributed by atoms with Crippen molar-refractivity contribution in [1.82, 2.24) is 4.98 Å². The molecule has 0 aliphatic rings. The zero-order chi connectivity index (χ0) is 15.6. The van der Waals surface area contributed by atoms with Crippen molar-refractivity contribution in [1.29, 1.82) is 0 Å². The lowest BCUT2D eigenvalue weighted by molar-refractivity contribution is 0.102. The van der Waals surface area contributed by atoms with Crippen LogP contribution < -0.4 is 10.6 Å². The third-order valence-electron chi connectivity index (χ3n) is 2.72. The van der Waals surface area contributed by atoms with Crippen LogP contribution in [0.15, 0.2) is 28.7 Å². The van der Waals surface area contributed by atoms with E-state index in [0.29, 0.717) is 27.1 Å². The first kappa shape index (κ1) is 16.1. The minimum Gasteiger partial charge on any atom is -0.373 e. The molecule has 0 saturated carbocycles. The van der Waals surface area contributed by atoms with E-state index in [1.165, 1.54) is 0 Å². The molecule has 1 amide bonds. The molecule has 1 aromatic carbocycles. The van der Waals surface area contributed by atoms with Crippen molar-refractivity contribution in [2.24, 2.45) is 0 Å². The fraction of sp³-hybridized carbons (Fsp3) is 0.143. The maximum Gasteiger partial charge on any atom is 0.255 e. The topological polar surface area (TPSA) is 54.0 Å². The molecule has 0 aliphatic heterocycles. The van der Waals surface area contributed by atoms with E-state index in [1.807, 2.05) is 6.92 Å². The average Bonchev–Trinajstić information content (AvgIpc) is 2.41. The molecule has 2 aromatic rings. The highest BCUT2D eigenvalue weighted by Gasteiger charge is 2.14. The van der Waals surface area contributed by atoms with Gasteiger partial charge in [-0.1, -0.05) is 39.1 Å². The summed E-state index contributed by atoms with van der Waals surface area (Å²) in [5, 5.41) is 6.36. The van der Waals surface area contributed by atoms with Gasteiger partial charge in [0.25, 0.3) is 5.91 Å². The predicted molar refractivity (Wildman–Crippen MR) is 90.6 cm³/mol. The van der Waals surface area contributed by atoms with Crippen LogP contribution in [0.1, 0.15) is 16.1 Å². The van der Waals surface area contributed by atoms with Gasteiger partial charge in [0.1, 0.15) is 5.82 Å². The summed E-state index contributed by atoms with van der Waals surface area (Å²) in [7, 11) is 1.74. The molecule has 0 radical (unpaired) electrons. The van der Waals surface area contributed by atoms with E-state index in [1.54, 1.807) is 31.3 Å². The number of carbonyl (C=O) groups is 1. The number of benzene rings is 1. The normalized spacial score (nSPS) is 10.3. The first-order chi connectivity index (χ1) is 9.90. The molecule has 7 heteroatoms. The second-order valence-corrected chi connectivity index (χ2v) is 6.06. The van der Waals surface area contributed by atoms with Gasteiger partial charge in [-0.15, -0.1) is 0 Å².